The Kier molecular flexibility index (Phi) is 84.9. The van der Waals surface area contributed by atoms with Gasteiger partial charge in [-0.15, -0.1) is 0 Å². The standard InChI is InChI=1S/C99H162O16P2/c1-4-7-10-13-16-19-22-25-28-31-34-37-39-41-43-44-45-46-47-48-50-52-53-56-58-61-64-67-70-73-76-79-82-85-97(102)109-88-94(100)89-111-116(105,106)112-90-95(101)91-113-117(107,108)114-93-96(115-99(104)87-84-81-78-75-72-69-66-63-60-55-36-33-30-27-24-21-18-15-12-9-6-3)92-110-98(103)86-83-80-77-74-71-68-65-62-59-57-54-51-49-42-40-38-35-32-29-26-23-20-17-14-11-8-5-2/h7-12,16-21,25-30,34-38,41-43,45-46,49,55,63,66,72,75,94-96,100-101H,4-6,13-15,22-24,31-33,39-40,44,47-48,50-54,56-62,64-65,67-71,73-74,76-93H2,1-3H3,(H,105,106)(H,107,108)/b10-7-,11-8-,12-9-,19-16-,20-17-,21-18-,28-25-,29-26-,30-27-,37-34-,38-35-,43-41-,46-45-,49-42-,55-36-,66-63-,75-72-. The first kappa shape index (κ1) is 111. The Hall–Kier alpha value is -5.87. The fourth-order valence-electron chi connectivity index (χ4n) is 11.7. The molecule has 0 aliphatic heterocycles. The number of allylic oxidation sites excluding steroid dienone is 34. The third-order valence-electron chi connectivity index (χ3n) is 18.5. The first-order chi connectivity index (χ1) is 57.2. The number of aliphatic hydroxyl groups is 2. The van der Waals surface area contributed by atoms with Crippen LogP contribution < -0.4 is 0 Å². The van der Waals surface area contributed by atoms with Gasteiger partial charge in [0.2, 0.25) is 0 Å². The van der Waals surface area contributed by atoms with Crippen LogP contribution in [0.3, 0.4) is 0 Å². The van der Waals surface area contributed by atoms with Crippen LogP contribution >= 0.6 is 15.6 Å². The zero-order valence-electron chi connectivity index (χ0n) is 73.0. The lowest BCUT2D eigenvalue weighted by Crippen LogP contribution is -2.30. The van der Waals surface area contributed by atoms with Gasteiger partial charge in [-0.05, 0) is 167 Å². The second-order valence-corrected chi connectivity index (χ2v) is 32.5. The highest BCUT2D eigenvalue weighted by molar-refractivity contribution is 7.47. The van der Waals surface area contributed by atoms with E-state index >= 15 is 0 Å². The summed E-state index contributed by atoms with van der Waals surface area (Å²) in [5.74, 6) is -1.63. The van der Waals surface area contributed by atoms with Gasteiger partial charge in [0.25, 0.3) is 0 Å². The van der Waals surface area contributed by atoms with Crippen molar-refractivity contribution in [2.24, 2.45) is 0 Å². The first-order valence-corrected chi connectivity index (χ1v) is 48.4. The van der Waals surface area contributed by atoms with Crippen molar-refractivity contribution >= 4 is 33.6 Å². The van der Waals surface area contributed by atoms with Crippen molar-refractivity contribution in [3.8, 4) is 0 Å². The van der Waals surface area contributed by atoms with Gasteiger partial charge in [-0.2, -0.15) is 0 Å². The molecular formula is C99H162O16P2. The summed E-state index contributed by atoms with van der Waals surface area (Å²) in [7, 11) is -9.83. The van der Waals surface area contributed by atoms with Crippen molar-refractivity contribution < 1.29 is 75.8 Å². The highest BCUT2D eigenvalue weighted by Crippen LogP contribution is 2.45. The van der Waals surface area contributed by atoms with E-state index < -0.39 is 91.5 Å². The SMILES string of the molecule is CC/C=C\C/C=C\C/C=C\C/C=C\C/C=C\C/C=C\CCCCCCCCCCCCCCCCC(=O)OCC(O)COP(=O)(O)OCC(O)COP(=O)(O)OCC(COC(=O)CCCCCCCCCCCCC/C=C\C/C=C\C/C=C\C/C=C\C/C=C\CC)OC(=O)CCCC/C=C\C/C=C\C/C=C\C/C=C\C/C=C\C/C=C\CC. The van der Waals surface area contributed by atoms with E-state index in [0.717, 1.165) is 173 Å². The summed E-state index contributed by atoms with van der Waals surface area (Å²) in [6, 6.07) is 0. The number of hydrogen-bond acceptors (Lipinski definition) is 14. The van der Waals surface area contributed by atoms with Gasteiger partial charge < -0.3 is 34.2 Å². The van der Waals surface area contributed by atoms with E-state index in [0.29, 0.717) is 25.7 Å². The summed E-state index contributed by atoms with van der Waals surface area (Å²) >= 11 is 0. The lowest BCUT2D eigenvalue weighted by Gasteiger charge is -2.21. The predicted octanol–water partition coefficient (Wildman–Crippen LogP) is 28.0. The molecule has 664 valence electrons. The summed E-state index contributed by atoms with van der Waals surface area (Å²) in [6.07, 6.45) is 120. The Bertz CT molecular complexity index is 2960. The average molecular weight is 1670 g/mol. The molecule has 0 fully saturated rings. The minimum Gasteiger partial charge on any atom is -0.463 e. The molecule has 117 heavy (non-hydrogen) atoms. The summed E-state index contributed by atoms with van der Waals surface area (Å²) in [5.41, 5.74) is 0. The molecule has 18 heteroatoms. The summed E-state index contributed by atoms with van der Waals surface area (Å²) < 4.78 is 61.4. The van der Waals surface area contributed by atoms with Crippen LogP contribution in [0.25, 0.3) is 0 Å². The van der Waals surface area contributed by atoms with Crippen molar-refractivity contribution in [3.63, 3.8) is 0 Å². The van der Waals surface area contributed by atoms with Gasteiger partial charge in [-0.1, -0.05) is 362 Å². The third kappa shape index (κ3) is 90.7. The normalized spacial score (nSPS) is 14.8. The molecule has 0 bridgehead atoms. The number of rotatable bonds is 84. The number of aliphatic hydroxyl groups excluding tert-OH is 2. The van der Waals surface area contributed by atoms with E-state index in [4.69, 9.17) is 32.3 Å². The molecule has 0 heterocycles. The molecule has 0 saturated heterocycles. The van der Waals surface area contributed by atoms with Gasteiger partial charge in [-0.25, -0.2) is 9.13 Å². The van der Waals surface area contributed by atoms with Crippen molar-refractivity contribution in [3.05, 3.63) is 207 Å². The van der Waals surface area contributed by atoms with Gasteiger partial charge in [0.15, 0.2) is 6.10 Å². The Morgan fingerprint density at radius 2 is 0.427 bits per heavy atom. The smallest absolute Gasteiger partial charge is 0.463 e. The Balaban J connectivity index is 4.62. The van der Waals surface area contributed by atoms with Gasteiger partial charge in [-0.3, -0.25) is 32.5 Å². The quantitative estimate of drug-likeness (QED) is 0.0146. The number of unbranched alkanes of at least 4 members (excludes halogenated alkanes) is 27. The first-order valence-electron chi connectivity index (χ1n) is 45.4. The molecular weight excluding hydrogens is 1510 g/mol. The number of carbonyl (C=O) groups is 3. The Morgan fingerprint density at radius 1 is 0.239 bits per heavy atom. The summed E-state index contributed by atoms with van der Waals surface area (Å²) in [6.45, 7) is 2.30. The maximum absolute atomic E-state index is 13.0. The maximum Gasteiger partial charge on any atom is 0.472 e. The third-order valence-corrected chi connectivity index (χ3v) is 20.4. The predicted molar refractivity (Wildman–Crippen MR) is 491 cm³/mol. The molecule has 0 aromatic carbocycles. The van der Waals surface area contributed by atoms with Gasteiger partial charge in [0, 0.05) is 19.3 Å². The van der Waals surface area contributed by atoms with Crippen LogP contribution in [-0.4, -0.2) is 95.9 Å². The highest BCUT2D eigenvalue weighted by atomic mass is 31.2. The minimum atomic E-state index is -4.96. The number of ether oxygens (including phenoxy) is 3. The average Bonchev–Trinajstić information content (AvgIpc) is 0.902. The van der Waals surface area contributed by atoms with Crippen molar-refractivity contribution in [1.29, 1.82) is 0 Å². The van der Waals surface area contributed by atoms with Crippen LogP contribution in [0.1, 0.15) is 342 Å². The van der Waals surface area contributed by atoms with Crippen LogP contribution in [0.4, 0.5) is 0 Å². The molecule has 4 N–H and O–H groups in total. The molecule has 0 rings (SSSR count). The zero-order chi connectivity index (χ0) is 85.1. The molecule has 0 radical (unpaired) electrons. The Morgan fingerprint density at radius 3 is 0.692 bits per heavy atom. The van der Waals surface area contributed by atoms with Crippen LogP contribution in [0, 0.1) is 0 Å². The fourth-order valence-corrected chi connectivity index (χ4v) is 13.3. The molecule has 5 atom stereocenters. The van der Waals surface area contributed by atoms with Crippen LogP contribution in [0.15, 0.2) is 207 Å². The monoisotopic (exact) mass is 1670 g/mol. The maximum atomic E-state index is 13.0. The van der Waals surface area contributed by atoms with Crippen LogP contribution in [0.2, 0.25) is 0 Å². The molecule has 5 unspecified atom stereocenters. The van der Waals surface area contributed by atoms with Crippen molar-refractivity contribution in [2.75, 3.05) is 39.6 Å². The molecule has 0 saturated carbocycles. The molecule has 16 nitrogen and oxygen atoms in total. The van der Waals surface area contributed by atoms with Crippen LogP contribution in [0.5, 0.6) is 0 Å². The topological polar surface area (TPSA) is 231 Å². The largest absolute Gasteiger partial charge is 0.472 e. The molecule has 0 aliphatic rings. The number of carbonyl (C=O) groups excluding carboxylic acids is 3. The van der Waals surface area contributed by atoms with E-state index in [9.17, 15) is 43.5 Å². The highest BCUT2D eigenvalue weighted by Gasteiger charge is 2.29. The van der Waals surface area contributed by atoms with E-state index in [-0.39, 0.29) is 19.3 Å². The van der Waals surface area contributed by atoms with Crippen molar-refractivity contribution in [1.82, 2.24) is 0 Å². The fraction of sp³-hybridized carbons (Fsp3) is 0.626. The lowest BCUT2D eigenvalue weighted by atomic mass is 10.0. The van der Waals surface area contributed by atoms with Gasteiger partial charge >= 0.3 is 33.6 Å². The zero-order valence-corrected chi connectivity index (χ0v) is 74.8. The molecule has 0 spiro atoms. The second-order valence-electron chi connectivity index (χ2n) is 29.6. The van der Waals surface area contributed by atoms with Gasteiger partial charge in [0.05, 0.1) is 26.4 Å². The number of esters is 3. The lowest BCUT2D eigenvalue weighted by molar-refractivity contribution is -0.161. The van der Waals surface area contributed by atoms with Crippen molar-refractivity contribution in [2.45, 2.75) is 360 Å². The second kappa shape index (κ2) is 89.4. The molecule has 0 amide bonds. The van der Waals surface area contributed by atoms with E-state index in [1.54, 1.807) is 0 Å². The van der Waals surface area contributed by atoms with E-state index in [1.807, 2.05) is 0 Å². The minimum absolute atomic E-state index is 0.0420. The van der Waals surface area contributed by atoms with E-state index in [1.165, 1.54) is 103 Å². The van der Waals surface area contributed by atoms with Gasteiger partial charge in [0.1, 0.15) is 25.4 Å². The molecule has 0 aromatic heterocycles. The molecule has 0 aliphatic carbocycles. The Labute approximate surface area is 711 Å². The number of phosphoric ester groups is 2. The summed E-state index contributed by atoms with van der Waals surface area (Å²) in [5, 5.41) is 20.7. The summed E-state index contributed by atoms with van der Waals surface area (Å²) in [4.78, 5) is 59.0. The van der Waals surface area contributed by atoms with Crippen LogP contribution in [-0.2, 0) is 55.8 Å². The number of hydrogen-bond donors (Lipinski definition) is 4. The number of phosphoric acid groups is 2. The van der Waals surface area contributed by atoms with E-state index in [2.05, 4.69) is 227 Å². The molecule has 0 aromatic rings.